The molecule has 2 aromatic rings. The van der Waals surface area contributed by atoms with E-state index in [2.05, 4.69) is 0 Å². The fourth-order valence-electron chi connectivity index (χ4n) is 1.52. The highest BCUT2D eigenvalue weighted by molar-refractivity contribution is 5.82. The minimum Gasteiger partial charge on any atom is -0.465 e. The van der Waals surface area contributed by atoms with Gasteiger partial charge < -0.3 is 9.52 Å². The van der Waals surface area contributed by atoms with Crippen LogP contribution in [0.15, 0.2) is 53.1 Å². The predicted molar refractivity (Wildman–Crippen MR) is 53.8 cm³/mol. The maximum absolute atomic E-state index is 11.1. The maximum Gasteiger partial charge on any atom is 0.399 e. The Hall–Kier alpha value is -2.07. The van der Waals surface area contributed by atoms with Crippen molar-refractivity contribution in [2.75, 3.05) is 0 Å². The van der Waals surface area contributed by atoms with Gasteiger partial charge in [0.25, 0.3) is 5.60 Å². The largest absolute Gasteiger partial charge is 0.465 e. The van der Waals surface area contributed by atoms with E-state index in [0.717, 1.165) is 0 Å². The van der Waals surface area contributed by atoms with Crippen LogP contribution in [0.5, 0.6) is 0 Å². The number of benzene rings is 1. The Morgan fingerprint density at radius 3 is 2.31 bits per heavy atom. The van der Waals surface area contributed by atoms with E-state index in [0.29, 0.717) is 0 Å². The van der Waals surface area contributed by atoms with Gasteiger partial charge in [-0.25, -0.2) is 9.90 Å². The first-order valence-corrected chi connectivity index (χ1v) is 4.69. The summed E-state index contributed by atoms with van der Waals surface area (Å²) in [4.78, 5) is 11.1. The lowest BCUT2D eigenvalue weighted by molar-refractivity contribution is -0.163. The number of carbonyl (C=O) groups is 1. The molecular weight excluding hydrogens is 208 g/mol. The monoisotopic (exact) mass is 217 g/mol. The molecule has 0 fully saturated rings. The molecule has 16 heavy (non-hydrogen) atoms. The van der Waals surface area contributed by atoms with Gasteiger partial charge in [0, 0.05) is 5.56 Å². The molecule has 0 amide bonds. The van der Waals surface area contributed by atoms with Gasteiger partial charge in [0.2, 0.25) is 0 Å². The second-order valence-corrected chi connectivity index (χ2v) is 3.34. The van der Waals surface area contributed by atoms with Crippen molar-refractivity contribution < 1.29 is 19.4 Å². The molecule has 0 aliphatic carbocycles. The van der Waals surface area contributed by atoms with E-state index in [4.69, 9.17) is 4.42 Å². The molecule has 4 heteroatoms. The molecule has 1 unspecified atom stereocenters. The summed E-state index contributed by atoms with van der Waals surface area (Å²) in [6.07, 6.45) is 1.30. The summed E-state index contributed by atoms with van der Waals surface area (Å²) < 4.78 is 4.94. The first kappa shape index (κ1) is 10.4. The molecule has 1 N–H and O–H groups in total. The molecule has 2 rings (SSSR count). The number of furan rings is 1. The highest BCUT2D eigenvalue weighted by Crippen LogP contribution is 2.30. The summed E-state index contributed by atoms with van der Waals surface area (Å²) in [7, 11) is 0. The van der Waals surface area contributed by atoms with Crippen molar-refractivity contribution in [1.82, 2.24) is 0 Å². The summed E-state index contributed by atoms with van der Waals surface area (Å²) in [5.74, 6) is -1.69. The zero-order valence-electron chi connectivity index (χ0n) is 8.29. The van der Waals surface area contributed by atoms with Gasteiger partial charge in [0.1, 0.15) is 0 Å². The molecular formula is C12H9O4. The van der Waals surface area contributed by atoms with E-state index < -0.39 is 11.6 Å². The molecule has 0 aliphatic heterocycles. The van der Waals surface area contributed by atoms with Gasteiger partial charge in [0.05, 0.1) is 6.26 Å². The quantitative estimate of drug-likeness (QED) is 0.846. The molecule has 1 aromatic heterocycles. The number of carbonyl (C=O) groups excluding carboxylic acids is 1. The molecule has 0 saturated heterocycles. The first-order chi connectivity index (χ1) is 7.65. The van der Waals surface area contributed by atoms with Crippen LogP contribution in [0.4, 0.5) is 0 Å². The van der Waals surface area contributed by atoms with E-state index in [1.165, 1.54) is 30.5 Å². The van der Waals surface area contributed by atoms with Crippen molar-refractivity contribution in [3.63, 3.8) is 0 Å². The molecule has 81 valence electrons. The summed E-state index contributed by atoms with van der Waals surface area (Å²) >= 11 is 0. The second-order valence-electron chi connectivity index (χ2n) is 3.34. The lowest BCUT2D eigenvalue weighted by atomic mass is 9.91. The molecule has 1 heterocycles. The average Bonchev–Trinajstić information content (AvgIpc) is 2.82. The van der Waals surface area contributed by atoms with Crippen molar-refractivity contribution in [1.29, 1.82) is 0 Å². The van der Waals surface area contributed by atoms with E-state index in [1.807, 2.05) is 0 Å². The highest BCUT2D eigenvalue weighted by Gasteiger charge is 2.44. The predicted octanol–water partition coefficient (Wildman–Crippen LogP) is 1.47. The van der Waals surface area contributed by atoms with Crippen molar-refractivity contribution in [2.45, 2.75) is 5.60 Å². The SMILES string of the molecule is [O]C(=O)C(O)(c1ccccc1)c1ccco1. The third kappa shape index (κ3) is 1.49. The Morgan fingerprint density at radius 2 is 1.81 bits per heavy atom. The molecule has 1 atom stereocenters. The van der Waals surface area contributed by atoms with Crippen LogP contribution in [-0.4, -0.2) is 11.1 Å². The van der Waals surface area contributed by atoms with Crippen LogP contribution in [-0.2, 0) is 15.5 Å². The number of rotatable bonds is 3. The average molecular weight is 217 g/mol. The van der Waals surface area contributed by atoms with Crippen molar-refractivity contribution in [3.8, 4) is 0 Å². The van der Waals surface area contributed by atoms with Crippen LogP contribution >= 0.6 is 0 Å². The van der Waals surface area contributed by atoms with Crippen LogP contribution in [0.1, 0.15) is 11.3 Å². The van der Waals surface area contributed by atoms with Gasteiger partial charge in [-0.15, -0.1) is 0 Å². The molecule has 1 aromatic carbocycles. The standard InChI is InChI=1S/C12H9O4/c13-11(14)12(15,10-7-4-8-16-10)9-5-2-1-3-6-9/h1-8,15H. The maximum atomic E-state index is 11.1. The minimum absolute atomic E-state index is 0.0706. The van der Waals surface area contributed by atoms with Gasteiger partial charge in [-0.3, -0.25) is 0 Å². The number of aliphatic hydroxyl groups is 1. The Bertz CT molecular complexity index is 475. The van der Waals surface area contributed by atoms with Crippen LogP contribution in [0, 0.1) is 0 Å². The summed E-state index contributed by atoms with van der Waals surface area (Å²) in [6, 6.07) is 10.9. The molecule has 1 radical (unpaired) electrons. The first-order valence-electron chi connectivity index (χ1n) is 4.69. The van der Waals surface area contributed by atoms with Crippen molar-refractivity contribution in [2.24, 2.45) is 0 Å². The van der Waals surface area contributed by atoms with Gasteiger partial charge >= 0.3 is 5.97 Å². The normalized spacial score (nSPS) is 14.3. The third-order valence-corrected chi connectivity index (χ3v) is 2.36. The lowest BCUT2D eigenvalue weighted by Crippen LogP contribution is -2.35. The van der Waals surface area contributed by atoms with Gasteiger partial charge in [-0.05, 0) is 12.1 Å². The van der Waals surface area contributed by atoms with Crippen molar-refractivity contribution >= 4 is 5.97 Å². The van der Waals surface area contributed by atoms with Crippen LogP contribution < -0.4 is 0 Å². The topological polar surface area (TPSA) is 70.3 Å². The number of hydrogen-bond donors (Lipinski definition) is 1. The molecule has 0 bridgehead atoms. The molecule has 4 nitrogen and oxygen atoms in total. The van der Waals surface area contributed by atoms with E-state index in [9.17, 15) is 15.0 Å². The fraction of sp³-hybridized carbons (Fsp3) is 0.0833. The van der Waals surface area contributed by atoms with E-state index in [-0.39, 0.29) is 11.3 Å². The second kappa shape index (κ2) is 3.83. The van der Waals surface area contributed by atoms with E-state index in [1.54, 1.807) is 18.2 Å². The smallest absolute Gasteiger partial charge is 0.399 e. The number of hydrogen-bond acceptors (Lipinski definition) is 3. The Balaban J connectivity index is 2.58. The fourth-order valence-corrected chi connectivity index (χ4v) is 1.52. The lowest BCUT2D eigenvalue weighted by Gasteiger charge is -2.19. The van der Waals surface area contributed by atoms with Crippen LogP contribution in [0.2, 0.25) is 0 Å². The zero-order valence-corrected chi connectivity index (χ0v) is 8.29. The summed E-state index contributed by atoms with van der Waals surface area (Å²) in [6.45, 7) is 0. The van der Waals surface area contributed by atoms with Crippen LogP contribution in [0.3, 0.4) is 0 Å². The molecule has 0 spiro atoms. The van der Waals surface area contributed by atoms with Gasteiger partial charge in [-0.2, -0.15) is 0 Å². The highest BCUT2D eigenvalue weighted by atomic mass is 16.4. The summed E-state index contributed by atoms with van der Waals surface area (Å²) in [5.41, 5.74) is -2.05. The third-order valence-electron chi connectivity index (χ3n) is 2.36. The molecule has 0 aliphatic rings. The van der Waals surface area contributed by atoms with E-state index >= 15 is 0 Å². The van der Waals surface area contributed by atoms with Crippen molar-refractivity contribution in [3.05, 3.63) is 60.1 Å². The zero-order chi connectivity index (χ0) is 11.6. The Labute approximate surface area is 91.8 Å². The summed E-state index contributed by atoms with van der Waals surface area (Å²) in [5, 5.41) is 21.3. The van der Waals surface area contributed by atoms with Gasteiger partial charge in [-0.1, -0.05) is 30.3 Å². The Kier molecular flexibility index (Phi) is 2.50. The van der Waals surface area contributed by atoms with Crippen LogP contribution in [0.25, 0.3) is 0 Å². The van der Waals surface area contributed by atoms with Gasteiger partial charge in [0.15, 0.2) is 5.76 Å². The Morgan fingerprint density at radius 1 is 1.12 bits per heavy atom. The minimum atomic E-state index is -2.25. The molecule has 0 saturated carbocycles.